The van der Waals surface area contributed by atoms with Gasteiger partial charge in [0.2, 0.25) is 0 Å². The Labute approximate surface area is 355 Å². The van der Waals surface area contributed by atoms with Crippen LogP contribution in [0.3, 0.4) is 0 Å². The Morgan fingerprint density at radius 2 is 0.304 bits per heavy atom. The van der Waals surface area contributed by atoms with Crippen molar-refractivity contribution in [3.05, 3.63) is 0 Å². The molecule has 0 radical (unpaired) electrons. The van der Waals surface area contributed by atoms with E-state index in [1.54, 1.807) is 0 Å². The zero-order valence-corrected chi connectivity index (χ0v) is 31.6. The summed E-state index contributed by atoms with van der Waals surface area (Å²) < 4.78 is 583. The van der Waals surface area contributed by atoms with Gasteiger partial charge in [0.25, 0.3) is 0 Å². The Balaban J connectivity index is -0.00000113. The SMILES string of the molecule is C[P+](C(F)(F)F)(C(F)(F)F)C(F)(F)F.FC(F)(F)C(F)(F)C(F)(F)C(F)(F)[N+](C(F)(F)C(F)(F)C(F)(F)C(F)(F)F)(C(F)(F)C(F)(F)C(F)(F)C(F)(F)F)C(F)(F)C(F)(F)C(F)(F)C(F)(F)F.[Cl-].[Cl-]. The molecule has 0 amide bonds. The lowest BCUT2D eigenvalue weighted by Crippen LogP contribution is -3.00. The zero-order valence-electron chi connectivity index (χ0n) is 29.2. The number of hydrogen-bond acceptors (Lipinski definition) is 0. The average Bonchev–Trinajstić information content (AvgIpc) is 2.99. The van der Waals surface area contributed by atoms with Crippen LogP contribution in [0.4, 0.5) is 198 Å². The highest BCUT2D eigenvalue weighted by Gasteiger charge is 3.12. The van der Waals surface area contributed by atoms with E-state index in [9.17, 15) is 198 Å². The van der Waals surface area contributed by atoms with E-state index < -0.39 is 132 Å². The van der Waals surface area contributed by atoms with Crippen molar-refractivity contribution in [3.8, 4) is 0 Å². The van der Waals surface area contributed by atoms with Crippen molar-refractivity contribution >= 4 is 7.26 Å². The molecule has 0 aromatic heterocycles. The molecule has 0 saturated heterocycles. The lowest BCUT2D eigenvalue weighted by Gasteiger charge is -2.58. The minimum Gasteiger partial charge on any atom is -1.00 e. The first kappa shape index (κ1) is 73.4. The van der Waals surface area contributed by atoms with E-state index in [1.165, 1.54) is 0 Å². The highest BCUT2D eigenvalue weighted by molar-refractivity contribution is 7.77. The molecule has 0 N–H and O–H groups in total. The molecule has 0 aliphatic rings. The fourth-order valence-electron chi connectivity index (χ4n) is 3.80. The number of hydrogen-bond donors (Lipinski definition) is 0. The second-order valence-electron chi connectivity index (χ2n) is 11.8. The van der Waals surface area contributed by atoms with Crippen LogP contribution in [0.25, 0.3) is 0 Å². The van der Waals surface area contributed by atoms with E-state index >= 15 is 0 Å². The van der Waals surface area contributed by atoms with E-state index in [0.29, 0.717) is 0 Å². The molecule has 0 unspecified atom stereocenters. The van der Waals surface area contributed by atoms with Crippen LogP contribution in [-0.2, 0) is 0 Å². The van der Waals surface area contributed by atoms with Crippen molar-refractivity contribution in [1.82, 2.24) is 0 Å². The Hall–Kier alpha value is -2.18. The molecule has 0 rings (SSSR count). The van der Waals surface area contributed by atoms with Gasteiger partial charge in [0.1, 0.15) is 0 Å². The van der Waals surface area contributed by atoms with Gasteiger partial charge in [0.15, 0.2) is 0 Å². The van der Waals surface area contributed by atoms with Crippen molar-refractivity contribution in [1.29, 1.82) is 0 Å². The molecule has 49 heteroatoms. The van der Waals surface area contributed by atoms with Crippen LogP contribution in [0.1, 0.15) is 0 Å². The van der Waals surface area contributed by atoms with Crippen molar-refractivity contribution in [2.24, 2.45) is 0 Å². The topological polar surface area (TPSA) is 0 Å². The Morgan fingerprint density at radius 3 is 0.362 bits per heavy atom. The van der Waals surface area contributed by atoms with E-state index in [1.807, 2.05) is 0 Å². The average molecular weight is 1210 g/mol. The molecule has 0 spiro atoms. The molecule has 0 saturated carbocycles. The summed E-state index contributed by atoms with van der Waals surface area (Å²) in [6, 6.07) is -47.4. The summed E-state index contributed by atoms with van der Waals surface area (Å²) in [5.74, 6) is -103. The summed E-state index contributed by atoms with van der Waals surface area (Å²) in [6.07, 6.45) is -37.1. The smallest absolute Gasteiger partial charge is 0.528 e. The van der Waals surface area contributed by atoms with Crippen LogP contribution in [-0.4, -0.2) is 125 Å². The molecule has 0 fully saturated rings. The van der Waals surface area contributed by atoms with Crippen molar-refractivity contribution in [2.45, 2.75) is 114 Å². The highest BCUT2D eigenvalue weighted by atomic mass is 35.5. The van der Waals surface area contributed by atoms with Crippen LogP contribution in [0.5, 0.6) is 0 Å². The van der Waals surface area contributed by atoms with Crippen molar-refractivity contribution in [2.75, 3.05) is 6.66 Å². The van der Waals surface area contributed by atoms with Gasteiger partial charge in [0.05, 0.1) is 6.66 Å². The largest absolute Gasteiger partial charge is 1.00 e. The maximum atomic E-state index is 14.9. The summed E-state index contributed by atoms with van der Waals surface area (Å²) in [5.41, 5.74) is 0. The van der Waals surface area contributed by atoms with Gasteiger partial charge in [-0.15, -0.1) is 74.6 Å². The number of alkyl halides is 45. The number of halogens is 47. The highest BCUT2D eigenvalue weighted by Crippen LogP contribution is 2.86. The summed E-state index contributed by atoms with van der Waals surface area (Å²) in [4.78, 5) is 0. The molecule has 69 heavy (non-hydrogen) atoms. The minimum absolute atomic E-state index is 0. The molecule has 422 valence electrons. The van der Waals surface area contributed by atoms with Gasteiger partial charge in [-0.1, -0.05) is 4.48 Å². The first-order chi connectivity index (χ1) is 27.8. The number of nitrogens with zero attached hydrogens (tertiary/aromatic N) is 1. The third kappa shape index (κ3) is 9.41. The standard InChI is InChI=1S/C16F36N.C4H3F9P.2ClH/c17-1(18,9(33,34)35)5(25,26)13(45,46)53(14(47,48)6(27,28)2(19,20)10(36,37)38,15(49,50)7(29,30)3(21,22)11(39,40)41)16(51,52)8(31,32)4(23,24)12(42,43)44;1-14(2(5,6)7,3(8,9)10)4(11,12)13;;/h;1H3;2*1H/q2*+1;;/p-2. The second kappa shape index (κ2) is 18.0. The summed E-state index contributed by atoms with van der Waals surface area (Å²) in [5, 5.41) is 0. The normalized spacial score (nSPS) is 16.6. The zero-order chi connectivity index (χ0) is 56.5. The maximum Gasteiger partial charge on any atom is 0.528 e. The van der Waals surface area contributed by atoms with E-state index in [0.717, 1.165) is 0 Å². The molecule has 0 bridgehead atoms. The van der Waals surface area contributed by atoms with Crippen LogP contribution >= 0.6 is 7.26 Å². The van der Waals surface area contributed by atoms with Gasteiger partial charge in [-0.25, -0.2) is 0 Å². The predicted octanol–water partition coefficient (Wildman–Crippen LogP) is 9.71. The van der Waals surface area contributed by atoms with Crippen LogP contribution < -0.4 is 24.8 Å². The van der Waals surface area contributed by atoms with Gasteiger partial charge < -0.3 is 24.8 Å². The summed E-state index contributed by atoms with van der Waals surface area (Å²) in [6.45, 7) is -0.826. The predicted molar refractivity (Wildman–Crippen MR) is 115 cm³/mol. The van der Waals surface area contributed by atoms with Crippen molar-refractivity contribution < 1.29 is 227 Å². The molecular formula is C20H3Cl2F45NP. The molecule has 0 aliphatic carbocycles. The quantitative estimate of drug-likeness (QED) is 0.0792. The molecule has 0 aliphatic heterocycles. The molecule has 0 heterocycles. The van der Waals surface area contributed by atoms with Crippen LogP contribution in [0, 0.1) is 0 Å². The molecular weight excluding hydrogens is 1210 g/mol. The fraction of sp³-hybridized carbons (Fsp3) is 1.00. The van der Waals surface area contributed by atoms with Crippen LogP contribution in [0.2, 0.25) is 0 Å². The first-order valence-corrected chi connectivity index (χ1v) is 15.8. The molecule has 1 nitrogen and oxygen atoms in total. The third-order valence-corrected chi connectivity index (χ3v) is 10.8. The van der Waals surface area contributed by atoms with E-state index in [-0.39, 0.29) is 24.8 Å². The summed E-state index contributed by atoms with van der Waals surface area (Å²) in [7, 11) is -7.02. The molecule has 0 aromatic rings. The Morgan fingerprint density at radius 1 is 0.203 bits per heavy atom. The Bertz CT molecular complexity index is 1480. The van der Waals surface area contributed by atoms with Gasteiger partial charge in [-0.2, -0.15) is 123 Å². The minimum atomic E-state index is -11.9. The van der Waals surface area contributed by atoms with Gasteiger partial charge in [0, 0.05) is 0 Å². The van der Waals surface area contributed by atoms with Gasteiger partial charge in [-0.3, -0.25) is 0 Å². The number of quaternary nitrogens is 1. The summed E-state index contributed by atoms with van der Waals surface area (Å²) >= 11 is 0. The fourth-order valence-corrected chi connectivity index (χ4v) is 4.66. The van der Waals surface area contributed by atoms with Crippen LogP contribution in [0.15, 0.2) is 0 Å². The van der Waals surface area contributed by atoms with Gasteiger partial charge in [-0.05, 0) is 0 Å². The monoisotopic (exact) mass is 1210 g/mol. The van der Waals surface area contributed by atoms with E-state index in [2.05, 4.69) is 0 Å². The first-order valence-electron chi connectivity index (χ1n) is 13.5. The third-order valence-electron chi connectivity index (χ3n) is 7.72. The lowest BCUT2D eigenvalue weighted by molar-refractivity contribution is -1.21. The number of rotatable bonds is 12. The Kier molecular flexibility index (Phi) is 19.2. The van der Waals surface area contributed by atoms with Gasteiger partial charge >= 0.3 is 121 Å². The molecule has 0 aromatic carbocycles. The molecule has 0 atom stereocenters. The second-order valence-corrected chi connectivity index (χ2v) is 15.4. The van der Waals surface area contributed by atoms with E-state index in [4.69, 9.17) is 0 Å². The maximum absolute atomic E-state index is 14.9. The lowest BCUT2D eigenvalue weighted by atomic mass is 9.92. The van der Waals surface area contributed by atoms with Crippen molar-refractivity contribution in [3.63, 3.8) is 0 Å².